The van der Waals surface area contributed by atoms with E-state index in [0.29, 0.717) is 11.3 Å². The Kier molecular flexibility index (Phi) is 2.44. The van der Waals surface area contributed by atoms with E-state index in [0.717, 1.165) is 6.54 Å². The smallest absolute Gasteiger partial charge is 0.0129 e. The molecule has 2 heteroatoms. The first-order valence-corrected chi connectivity index (χ1v) is 6.15. The second-order valence-corrected chi connectivity index (χ2v) is 6.31. The van der Waals surface area contributed by atoms with Gasteiger partial charge in [-0.05, 0) is 36.8 Å². The molecule has 2 rings (SSSR count). The number of hydrogen-bond donors (Lipinski definition) is 1. The molecule has 1 nitrogen and oxygen atoms in total. The van der Waals surface area contributed by atoms with Gasteiger partial charge in [-0.2, -0.15) is 0 Å². The summed E-state index contributed by atoms with van der Waals surface area (Å²) < 4.78 is 0. The van der Waals surface area contributed by atoms with Crippen molar-refractivity contribution in [3.8, 4) is 0 Å². The minimum Gasteiger partial charge on any atom is -0.330 e. The zero-order chi connectivity index (χ0) is 10.3. The number of fused-ring (bicyclic) bond motifs is 1. The van der Waals surface area contributed by atoms with E-state index in [1.807, 2.05) is 11.3 Å². The SMILES string of the molecule is Cc1cc2c(s1)C(CN)C(C)(C)CC2. The molecule has 0 saturated carbocycles. The highest BCUT2D eigenvalue weighted by molar-refractivity contribution is 7.12. The number of rotatable bonds is 1. The van der Waals surface area contributed by atoms with E-state index in [1.165, 1.54) is 17.7 Å². The molecule has 0 spiro atoms. The van der Waals surface area contributed by atoms with Crippen LogP contribution in [0.4, 0.5) is 0 Å². The molecular weight excluding hydrogens is 190 g/mol. The summed E-state index contributed by atoms with van der Waals surface area (Å²) in [5, 5.41) is 0. The van der Waals surface area contributed by atoms with E-state index in [9.17, 15) is 0 Å². The first-order valence-electron chi connectivity index (χ1n) is 5.34. The summed E-state index contributed by atoms with van der Waals surface area (Å²) in [5.74, 6) is 0.574. The molecule has 78 valence electrons. The lowest BCUT2D eigenvalue weighted by atomic mass is 9.69. The van der Waals surface area contributed by atoms with Gasteiger partial charge >= 0.3 is 0 Å². The molecule has 1 atom stereocenters. The fourth-order valence-corrected chi connectivity index (χ4v) is 3.88. The Hall–Kier alpha value is -0.340. The highest BCUT2D eigenvalue weighted by Gasteiger charge is 2.35. The van der Waals surface area contributed by atoms with E-state index in [-0.39, 0.29) is 0 Å². The van der Waals surface area contributed by atoms with Crippen LogP contribution >= 0.6 is 11.3 Å². The lowest BCUT2D eigenvalue weighted by Crippen LogP contribution is -2.32. The monoisotopic (exact) mass is 209 g/mol. The Morgan fingerprint density at radius 1 is 1.57 bits per heavy atom. The van der Waals surface area contributed by atoms with Gasteiger partial charge in [0, 0.05) is 22.2 Å². The molecule has 1 aromatic rings. The van der Waals surface area contributed by atoms with Crippen LogP contribution in [0.2, 0.25) is 0 Å². The topological polar surface area (TPSA) is 26.0 Å². The molecule has 14 heavy (non-hydrogen) atoms. The highest BCUT2D eigenvalue weighted by Crippen LogP contribution is 2.47. The summed E-state index contributed by atoms with van der Waals surface area (Å²) in [4.78, 5) is 2.99. The molecule has 0 radical (unpaired) electrons. The molecule has 1 aliphatic carbocycles. The molecule has 0 saturated heterocycles. The summed E-state index contributed by atoms with van der Waals surface area (Å²) in [6.07, 6.45) is 2.52. The van der Waals surface area contributed by atoms with Gasteiger partial charge in [0.15, 0.2) is 0 Å². The van der Waals surface area contributed by atoms with E-state index >= 15 is 0 Å². The zero-order valence-electron chi connectivity index (χ0n) is 9.26. The van der Waals surface area contributed by atoms with E-state index in [2.05, 4.69) is 26.8 Å². The number of hydrogen-bond acceptors (Lipinski definition) is 2. The van der Waals surface area contributed by atoms with Gasteiger partial charge in [0.25, 0.3) is 0 Å². The third-order valence-electron chi connectivity index (χ3n) is 3.50. The van der Waals surface area contributed by atoms with E-state index in [1.54, 1.807) is 10.4 Å². The quantitative estimate of drug-likeness (QED) is 0.756. The van der Waals surface area contributed by atoms with Crippen LogP contribution in [-0.4, -0.2) is 6.54 Å². The molecule has 1 aliphatic rings. The predicted octanol–water partition coefficient (Wildman–Crippen LogP) is 3.07. The maximum absolute atomic E-state index is 5.91. The predicted molar refractivity (Wildman–Crippen MR) is 63.0 cm³/mol. The summed E-state index contributed by atoms with van der Waals surface area (Å²) >= 11 is 1.95. The van der Waals surface area contributed by atoms with E-state index in [4.69, 9.17) is 5.73 Å². The third-order valence-corrected chi connectivity index (χ3v) is 4.71. The molecule has 1 aromatic heterocycles. The van der Waals surface area contributed by atoms with Crippen molar-refractivity contribution in [2.45, 2.75) is 39.5 Å². The zero-order valence-corrected chi connectivity index (χ0v) is 10.1. The largest absolute Gasteiger partial charge is 0.330 e. The van der Waals surface area contributed by atoms with Gasteiger partial charge in [-0.3, -0.25) is 0 Å². The van der Waals surface area contributed by atoms with Crippen LogP contribution < -0.4 is 5.73 Å². The maximum atomic E-state index is 5.91. The fraction of sp³-hybridized carbons (Fsp3) is 0.667. The van der Waals surface area contributed by atoms with Crippen molar-refractivity contribution >= 4 is 11.3 Å². The number of thiophene rings is 1. The first-order chi connectivity index (χ1) is 6.54. The lowest BCUT2D eigenvalue weighted by Gasteiger charge is -2.37. The summed E-state index contributed by atoms with van der Waals surface area (Å²) in [5.41, 5.74) is 7.86. The normalized spacial score (nSPS) is 24.7. The van der Waals surface area contributed by atoms with Gasteiger partial charge < -0.3 is 5.73 Å². The Morgan fingerprint density at radius 2 is 2.29 bits per heavy atom. The summed E-state index contributed by atoms with van der Waals surface area (Å²) in [6.45, 7) is 7.69. The average Bonchev–Trinajstić information content (AvgIpc) is 2.44. The second kappa shape index (κ2) is 3.35. The highest BCUT2D eigenvalue weighted by atomic mass is 32.1. The maximum Gasteiger partial charge on any atom is 0.0129 e. The Bertz CT molecular complexity index is 338. The van der Waals surface area contributed by atoms with Gasteiger partial charge in [0.05, 0.1) is 0 Å². The van der Waals surface area contributed by atoms with Crippen molar-refractivity contribution in [2.75, 3.05) is 6.54 Å². The molecule has 1 unspecified atom stereocenters. The molecular formula is C12H19NS. The van der Waals surface area contributed by atoms with Crippen LogP contribution in [0, 0.1) is 12.3 Å². The van der Waals surface area contributed by atoms with Gasteiger partial charge in [0.2, 0.25) is 0 Å². The van der Waals surface area contributed by atoms with Crippen molar-refractivity contribution in [3.63, 3.8) is 0 Å². The molecule has 0 aliphatic heterocycles. The molecule has 0 amide bonds. The van der Waals surface area contributed by atoms with Crippen molar-refractivity contribution in [2.24, 2.45) is 11.1 Å². The van der Waals surface area contributed by atoms with Gasteiger partial charge in [0.1, 0.15) is 0 Å². The minimum atomic E-state index is 0.388. The van der Waals surface area contributed by atoms with Crippen molar-refractivity contribution in [1.29, 1.82) is 0 Å². The lowest BCUT2D eigenvalue weighted by molar-refractivity contribution is 0.253. The van der Waals surface area contributed by atoms with Crippen LogP contribution in [0.25, 0.3) is 0 Å². The summed E-state index contributed by atoms with van der Waals surface area (Å²) in [6, 6.07) is 2.35. The second-order valence-electron chi connectivity index (χ2n) is 5.02. The molecule has 0 aromatic carbocycles. The van der Waals surface area contributed by atoms with Crippen LogP contribution in [0.1, 0.15) is 41.5 Å². The standard InChI is InChI=1S/C12H19NS/c1-8-6-9-4-5-12(2,3)10(7-13)11(9)14-8/h6,10H,4-5,7,13H2,1-3H3. The van der Waals surface area contributed by atoms with Crippen LogP contribution in [-0.2, 0) is 6.42 Å². The van der Waals surface area contributed by atoms with Crippen molar-refractivity contribution in [1.82, 2.24) is 0 Å². The minimum absolute atomic E-state index is 0.388. The molecule has 2 N–H and O–H groups in total. The van der Waals surface area contributed by atoms with Crippen molar-refractivity contribution in [3.05, 3.63) is 21.4 Å². The van der Waals surface area contributed by atoms with Gasteiger partial charge in [-0.15, -0.1) is 11.3 Å². The summed E-state index contributed by atoms with van der Waals surface area (Å²) in [7, 11) is 0. The molecule has 0 fully saturated rings. The van der Waals surface area contributed by atoms with Crippen LogP contribution in [0.5, 0.6) is 0 Å². The first kappa shape index (κ1) is 10.2. The third kappa shape index (κ3) is 1.51. The molecule has 1 heterocycles. The number of nitrogens with two attached hydrogens (primary N) is 1. The average molecular weight is 209 g/mol. The van der Waals surface area contributed by atoms with Crippen LogP contribution in [0.3, 0.4) is 0 Å². The Balaban J connectivity index is 2.44. The van der Waals surface area contributed by atoms with E-state index < -0.39 is 0 Å². The molecule has 0 bridgehead atoms. The van der Waals surface area contributed by atoms with Gasteiger partial charge in [-0.1, -0.05) is 13.8 Å². The van der Waals surface area contributed by atoms with Crippen molar-refractivity contribution < 1.29 is 0 Å². The van der Waals surface area contributed by atoms with Crippen LogP contribution in [0.15, 0.2) is 6.07 Å². The Morgan fingerprint density at radius 3 is 2.93 bits per heavy atom. The number of aryl methyl sites for hydroxylation is 2. The van der Waals surface area contributed by atoms with Gasteiger partial charge in [-0.25, -0.2) is 0 Å². The fourth-order valence-electron chi connectivity index (χ4n) is 2.49. The Labute approximate surface area is 90.3 Å².